The predicted molar refractivity (Wildman–Crippen MR) is 108 cm³/mol. The van der Waals surface area contributed by atoms with Crippen molar-refractivity contribution >= 4 is 0 Å². The molecule has 1 spiro atoms. The van der Waals surface area contributed by atoms with Gasteiger partial charge in [0.1, 0.15) is 5.82 Å². The zero-order valence-corrected chi connectivity index (χ0v) is 16.4. The Morgan fingerprint density at radius 3 is 2.82 bits per heavy atom. The van der Waals surface area contributed by atoms with Gasteiger partial charge in [-0.3, -0.25) is 4.79 Å². The highest BCUT2D eigenvalue weighted by Gasteiger charge is 2.45. The summed E-state index contributed by atoms with van der Waals surface area (Å²) < 4.78 is 4.32. The Hall–Kier alpha value is -1.92. The lowest BCUT2D eigenvalue weighted by atomic mass is 9.60. The smallest absolute Gasteiger partial charge is 0.261 e. The van der Waals surface area contributed by atoms with E-state index in [2.05, 4.69) is 32.4 Å². The Kier molecular flexibility index (Phi) is 3.82. The van der Waals surface area contributed by atoms with E-state index in [0.717, 1.165) is 44.1 Å². The molecule has 2 aromatic heterocycles. The fraction of sp³-hybridized carbons (Fsp3) is 0.636. The van der Waals surface area contributed by atoms with Crippen LogP contribution in [-0.4, -0.2) is 40.3 Å². The van der Waals surface area contributed by atoms with Crippen molar-refractivity contribution in [2.75, 3.05) is 26.2 Å². The van der Waals surface area contributed by atoms with Gasteiger partial charge in [0.25, 0.3) is 5.56 Å². The first-order chi connectivity index (χ1) is 13.7. The molecular formula is C22H29N5O. The van der Waals surface area contributed by atoms with Crippen LogP contribution in [0.2, 0.25) is 0 Å². The Balaban J connectivity index is 1.33. The van der Waals surface area contributed by atoms with Crippen LogP contribution in [0.3, 0.4) is 0 Å². The van der Waals surface area contributed by atoms with E-state index in [1.54, 1.807) is 0 Å². The minimum Gasteiger partial charge on any atom is -0.328 e. The van der Waals surface area contributed by atoms with Gasteiger partial charge in [0.05, 0.1) is 5.56 Å². The molecule has 28 heavy (non-hydrogen) atoms. The summed E-state index contributed by atoms with van der Waals surface area (Å²) in [6.07, 6.45) is 10.2. The van der Waals surface area contributed by atoms with E-state index >= 15 is 0 Å². The molecule has 148 valence electrons. The number of piperidine rings is 2. The van der Waals surface area contributed by atoms with Crippen molar-refractivity contribution in [1.29, 1.82) is 0 Å². The van der Waals surface area contributed by atoms with Crippen LogP contribution in [0.1, 0.15) is 49.8 Å². The first-order valence-electron chi connectivity index (χ1n) is 10.9. The van der Waals surface area contributed by atoms with Crippen LogP contribution in [0.25, 0.3) is 11.4 Å². The fourth-order valence-electron chi connectivity index (χ4n) is 6.28. The van der Waals surface area contributed by atoms with Crippen LogP contribution >= 0.6 is 0 Å². The summed E-state index contributed by atoms with van der Waals surface area (Å²) in [4.78, 5) is 18.0. The molecule has 0 radical (unpaired) electrons. The Morgan fingerprint density at radius 1 is 1.11 bits per heavy atom. The monoisotopic (exact) mass is 379 g/mol. The van der Waals surface area contributed by atoms with Gasteiger partial charge < -0.3 is 19.8 Å². The molecule has 6 rings (SSSR count). The maximum Gasteiger partial charge on any atom is 0.261 e. The highest BCUT2D eigenvalue weighted by Crippen LogP contribution is 2.54. The quantitative estimate of drug-likeness (QED) is 0.839. The van der Waals surface area contributed by atoms with Gasteiger partial charge >= 0.3 is 0 Å². The van der Waals surface area contributed by atoms with Crippen molar-refractivity contribution in [1.82, 2.24) is 24.8 Å². The lowest BCUT2D eigenvalue weighted by Gasteiger charge is -2.51. The highest BCUT2D eigenvalue weighted by atomic mass is 16.1. The Bertz CT molecular complexity index is 946. The molecule has 5 heterocycles. The summed E-state index contributed by atoms with van der Waals surface area (Å²) in [5.41, 5.74) is 2.64. The number of rotatable bonds is 2. The molecule has 1 saturated carbocycles. The van der Waals surface area contributed by atoms with E-state index in [-0.39, 0.29) is 5.56 Å². The second-order valence-electron chi connectivity index (χ2n) is 9.51. The number of hydrogen-bond acceptors (Lipinski definition) is 4. The third-order valence-electron chi connectivity index (χ3n) is 7.81. The molecule has 0 unspecified atom stereocenters. The third-order valence-corrected chi connectivity index (χ3v) is 7.81. The van der Waals surface area contributed by atoms with Crippen molar-refractivity contribution in [2.45, 2.75) is 50.6 Å². The molecule has 3 aliphatic heterocycles. The number of aromatic nitrogens is 3. The highest BCUT2D eigenvalue weighted by molar-refractivity contribution is 5.55. The van der Waals surface area contributed by atoms with Crippen LogP contribution in [-0.2, 0) is 6.54 Å². The Labute approximate surface area is 165 Å². The Morgan fingerprint density at radius 2 is 1.96 bits per heavy atom. The molecule has 2 N–H and O–H groups in total. The first-order valence-corrected chi connectivity index (χ1v) is 10.9. The van der Waals surface area contributed by atoms with Crippen molar-refractivity contribution in [3.8, 4) is 11.4 Å². The third kappa shape index (κ3) is 2.54. The number of pyridine rings is 1. The molecule has 6 heteroatoms. The minimum atomic E-state index is 0.150. The minimum absolute atomic E-state index is 0.150. The summed E-state index contributed by atoms with van der Waals surface area (Å²) in [7, 11) is 0. The molecule has 0 aromatic carbocycles. The zero-order chi connectivity index (χ0) is 18.7. The summed E-state index contributed by atoms with van der Waals surface area (Å²) in [6, 6.07) is 4.69. The molecule has 4 aliphatic rings. The summed E-state index contributed by atoms with van der Waals surface area (Å²) >= 11 is 0. The van der Waals surface area contributed by atoms with Crippen LogP contribution in [0, 0.1) is 11.3 Å². The van der Waals surface area contributed by atoms with Gasteiger partial charge in [-0.15, -0.1) is 0 Å². The van der Waals surface area contributed by atoms with Crippen molar-refractivity contribution in [3.05, 3.63) is 40.6 Å². The van der Waals surface area contributed by atoms with Gasteiger partial charge in [-0.2, -0.15) is 0 Å². The number of imidazole rings is 1. The lowest BCUT2D eigenvalue weighted by Crippen LogP contribution is -2.46. The molecular weight excluding hydrogens is 350 g/mol. The number of nitrogens with one attached hydrogen (secondary N) is 2. The van der Waals surface area contributed by atoms with Gasteiger partial charge in [0.15, 0.2) is 0 Å². The SMILES string of the molecule is O=c1c(-c2nccn2C2CC3(CCNCC3)C2)ccc2n1C[C@@H]1CNC[C@H]2C1. The molecule has 2 saturated heterocycles. The van der Waals surface area contributed by atoms with Crippen molar-refractivity contribution in [2.24, 2.45) is 11.3 Å². The van der Waals surface area contributed by atoms with Gasteiger partial charge in [0, 0.05) is 43.1 Å². The van der Waals surface area contributed by atoms with Gasteiger partial charge in [-0.25, -0.2) is 4.98 Å². The van der Waals surface area contributed by atoms with E-state index < -0.39 is 0 Å². The van der Waals surface area contributed by atoms with E-state index in [1.165, 1.54) is 37.8 Å². The molecule has 2 aromatic rings. The summed E-state index contributed by atoms with van der Waals surface area (Å²) in [6.45, 7) is 5.15. The molecule has 2 atom stereocenters. The average molecular weight is 380 g/mol. The molecule has 0 amide bonds. The van der Waals surface area contributed by atoms with Crippen LogP contribution in [0.5, 0.6) is 0 Å². The average Bonchev–Trinajstić information content (AvgIpc) is 3.17. The van der Waals surface area contributed by atoms with Crippen LogP contribution < -0.4 is 16.2 Å². The summed E-state index contributed by atoms with van der Waals surface area (Å²) in [5.74, 6) is 1.91. The standard InChI is InChI=1S/C22H29N5O/c28-21-18(1-2-19-16-9-15(12-24-13-16)14-27(19)21)20-25-7-8-26(20)17-10-22(11-17)3-5-23-6-4-22/h1-2,7-8,15-17,23-24H,3-6,9-14H2/t15-,16+/m0/s1. The maximum absolute atomic E-state index is 13.4. The second kappa shape index (κ2) is 6.29. The topological polar surface area (TPSA) is 63.9 Å². The maximum atomic E-state index is 13.4. The van der Waals surface area contributed by atoms with Gasteiger partial charge in [-0.05, 0) is 75.2 Å². The predicted octanol–water partition coefficient (Wildman–Crippen LogP) is 2.12. The van der Waals surface area contributed by atoms with E-state index in [1.807, 2.05) is 16.8 Å². The first kappa shape index (κ1) is 17.0. The van der Waals surface area contributed by atoms with Crippen LogP contribution in [0.15, 0.2) is 29.3 Å². The molecule has 1 aliphatic carbocycles. The van der Waals surface area contributed by atoms with Crippen molar-refractivity contribution < 1.29 is 0 Å². The summed E-state index contributed by atoms with van der Waals surface area (Å²) in [5, 5.41) is 7.00. The number of fused-ring (bicyclic) bond motifs is 4. The normalized spacial score (nSPS) is 28.7. The van der Waals surface area contributed by atoms with Crippen molar-refractivity contribution in [3.63, 3.8) is 0 Å². The van der Waals surface area contributed by atoms with Crippen LogP contribution in [0.4, 0.5) is 0 Å². The van der Waals surface area contributed by atoms with Gasteiger partial charge in [0.2, 0.25) is 0 Å². The van der Waals surface area contributed by atoms with Gasteiger partial charge in [-0.1, -0.05) is 0 Å². The molecule has 3 fully saturated rings. The largest absolute Gasteiger partial charge is 0.328 e. The second-order valence-corrected chi connectivity index (χ2v) is 9.51. The number of nitrogens with zero attached hydrogens (tertiary/aromatic N) is 3. The molecule has 6 nitrogen and oxygen atoms in total. The molecule has 2 bridgehead atoms. The number of hydrogen-bond donors (Lipinski definition) is 2. The fourth-order valence-corrected chi connectivity index (χ4v) is 6.28. The zero-order valence-electron chi connectivity index (χ0n) is 16.4. The van der Waals surface area contributed by atoms with E-state index in [0.29, 0.717) is 23.3 Å². The van der Waals surface area contributed by atoms with E-state index in [4.69, 9.17) is 0 Å². The van der Waals surface area contributed by atoms with E-state index in [9.17, 15) is 4.79 Å². The lowest BCUT2D eigenvalue weighted by molar-refractivity contribution is 0.0296.